The minimum Gasteiger partial charge on any atom is -0.494 e. The quantitative estimate of drug-likeness (QED) is 0.799. The number of para-hydroxylation sites is 1. The minimum atomic E-state index is -0.181. The van der Waals surface area contributed by atoms with Crippen molar-refractivity contribution in [3.8, 4) is 5.75 Å². The molecule has 27 heavy (non-hydrogen) atoms. The van der Waals surface area contributed by atoms with E-state index in [2.05, 4.69) is 5.32 Å². The molecular formula is C21H24N2O3S. The molecule has 1 fully saturated rings. The van der Waals surface area contributed by atoms with E-state index in [1.807, 2.05) is 69.3 Å². The number of amides is 2. The van der Waals surface area contributed by atoms with Crippen LogP contribution >= 0.6 is 11.8 Å². The van der Waals surface area contributed by atoms with Gasteiger partial charge in [0.2, 0.25) is 11.8 Å². The molecular weight excluding hydrogens is 360 g/mol. The Morgan fingerprint density at radius 2 is 1.93 bits per heavy atom. The molecule has 0 bridgehead atoms. The standard InChI is InChI=1S/C21H24N2O3S/c1-4-26-16-11-9-15(10-12-16)23-19(24)13-27-21(23)17-7-5-6-8-18(17)22-20(25)14(2)3/h5-12,14,21H,4,13H2,1-3H3,(H,22,25). The SMILES string of the molecule is CCOc1ccc(N2C(=O)CSC2c2ccccc2NC(=O)C(C)C)cc1. The van der Waals surface area contributed by atoms with Gasteiger partial charge in [0.15, 0.2) is 0 Å². The highest BCUT2D eigenvalue weighted by atomic mass is 32.2. The fourth-order valence-electron chi connectivity index (χ4n) is 2.91. The van der Waals surface area contributed by atoms with Gasteiger partial charge in [-0.2, -0.15) is 0 Å². The second-order valence-corrected chi connectivity index (χ2v) is 7.65. The Hall–Kier alpha value is -2.47. The van der Waals surface area contributed by atoms with Gasteiger partial charge in [0.25, 0.3) is 0 Å². The van der Waals surface area contributed by atoms with Crippen LogP contribution in [-0.2, 0) is 9.59 Å². The van der Waals surface area contributed by atoms with Gasteiger partial charge in [0.1, 0.15) is 11.1 Å². The zero-order chi connectivity index (χ0) is 19.4. The summed E-state index contributed by atoms with van der Waals surface area (Å²) in [4.78, 5) is 26.6. The summed E-state index contributed by atoms with van der Waals surface area (Å²) < 4.78 is 5.49. The second kappa shape index (κ2) is 8.48. The van der Waals surface area contributed by atoms with Crippen LogP contribution in [0.25, 0.3) is 0 Å². The Kier molecular flexibility index (Phi) is 6.06. The number of nitrogens with zero attached hydrogens (tertiary/aromatic N) is 1. The fraction of sp³-hybridized carbons (Fsp3) is 0.333. The van der Waals surface area contributed by atoms with Crippen LogP contribution in [0.1, 0.15) is 31.7 Å². The van der Waals surface area contributed by atoms with E-state index in [0.29, 0.717) is 12.4 Å². The first-order chi connectivity index (χ1) is 13.0. The summed E-state index contributed by atoms with van der Waals surface area (Å²) in [6, 6.07) is 15.2. The zero-order valence-electron chi connectivity index (χ0n) is 15.8. The Bertz CT molecular complexity index is 820. The van der Waals surface area contributed by atoms with Crippen LogP contribution in [0.5, 0.6) is 5.75 Å². The zero-order valence-corrected chi connectivity index (χ0v) is 16.6. The first-order valence-electron chi connectivity index (χ1n) is 9.07. The van der Waals surface area contributed by atoms with Crippen molar-refractivity contribution in [2.75, 3.05) is 22.6 Å². The third kappa shape index (κ3) is 4.27. The molecule has 1 heterocycles. The number of thioether (sulfide) groups is 1. The van der Waals surface area contributed by atoms with Gasteiger partial charge in [-0.15, -0.1) is 11.8 Å². The number of hydrogen-bond acceptors (Lipinski definition) is 4. The monoisotopic (exact) mass is 384 g/mol. The van der Waals surface area contributed by atoms with Crippen LogP contribution in [-0.4, -0.2) is 24.2 Å². The lowest BCUT2D eigenvalue weighted by Gasteiger charge is -2.26. The molecule has 3 rings (SSSR count). The van der Waals surface area contributed by atoms with Gasteiger partial charge in [-0.3, -0.25) is 14.5 Å². The normalized spacial score (nSPS) is 16.7. The molecule has 0 saturated carbocycles. The van der Waals surface area contributed by atoms with Gasteiger partial charge in [0, 0.05) is 22.9 Å². The summed E-state index contributed by atoms with van der Waals surface area (Å²) in [7, 11) is 0. The van der Waals surface area contributed by atoms with Gasteiger partial charge in [-0.1, -0.05) is 32.0 Å². The number of ether oxygens (including phenoxy) is 1. The fourth-order valence-corrected chi connectivity index (χ4v) is 4.12. The molecule has 2 amide bonds. The number of carbonyl (C=O) groups excluding carboxylic acids is 2. The molecule has 1 atom stereocenters. The van der Waals surface area contributed by atoms with Gasteiger partial charge < -0.3 is 10.1 Å². The number of anilines is 2. The van der Waals surface area contributed by atoms with E-state index < -0.39 is 0 Å². The molecule has 0 aliphatic carbocycles. The third-order valence-electron chi connectivity index (χ3n) is 4.30. The average Bonchev–Trinajstić information content (AvgIpc) is 3.04. The molecule has 0 spiro atoms. The van der Waals surface area contributed by atoms with Crippen LogP contribution in [0.3, 0.4) is 0 Å². The Balaban J connectivity index is 1.91. The highest BCUT2D eigenvalue weighted by Gasteiger charge is 2.35. The van der Waals surface area contributed by atoms with Crippen molar-refractivity contribution in [1.82, 2.24) is 0 Å². The van der Waals surface area contributed by atoms with Crippen LogP contribution < -0.4 is 15.0 Å². The van der Waals surface area contributed by atoms with Gasteiger partial charge in [-0.25, -0.2) is 0 Å². The predicted octanol–water partition coefficient (Wildman–Crippen LogP) is 4.46. The third-order valence-corrected chi connectivity index (χ3v) is 5.50. The smallest absolute Gasteiger partial charge is 0.238 e. The van der Waals surface area contributed by atoms with Crippen molar-refractivity contribution in [2.24, 2.45) is 5.92 Å². The van der Waals surface area contributed by atoms with Crippen molar-refractivity contribution in [1.29, 1.82) is 0 Å². The lowest BCUT2D eigenvalue weighted by atomic mass is 10.1. The molecule has 1 N–H and O–H groups in total. The van der Waals surface area contributed by atoms with E-state index in [4.69, 9.17) is 4.74 Å². The van der Waals surface area contributed by atoms with Gasteiger partial charge in [-0.05, 0) is 37.3 Å². The topological polar surface area (TPSA) is 58.6 Å². The van der Waals surface area contributed by atoms with Crippen molar-refractivity contribution < 1.29 is 14.3 Å². The molecule has 142 valence electrons. The second-order valence-electron chi connectivity index (χ2n) is 6.59. The molecule has 1 unspecified atom stereocenters. The maximum atomic E-state index is 12.6. The number of nitrogens with one attached hydrogen (secondary N) is 1. The van der Waals surface area contributed by atoms with E-state index in [-0.39, 0.29) is 23.1 Å². The largest absolute Gasteiger partial charge is 0.494 e. The Morgan fingerprint density at radius 3 is 2.59 bits per heavy atom. The lowest BCUT2D eigenvalue weighted by molar-refractivity contribution is -0.119. The summed E-state index contributed by atoms with van der Waals surface area (Å²) in [5.74, 6) is 1.09. The number of hydrogen-bond donors (Lipinski definition) is 1. The Labute approximate surface area is 164 Å². The van der Waals surface area contributed by atoms with Crippen LogP contribution in [0.2, 0.25) is 0 Å². The molecule has 0 aromatic heterocycles. The van der Waals surface area contributed by atoms with Crippen molar-refractivity contribution in [3.05, 3.63) is 54.1 Å². The van der Waals surface area contributed by atoms with E-state index in [9.17, 15) is 9.59 Å². The van der Waals surface area contributed by atoms with Crippen LogP contribution in [0, 0.1) is 5.92 Å². The van der Waals surface area contributed by atoms with E-state index >= 15 is 0 Å². The molecule has 1 aliphatic heterocycles. The summed E-state index contributed by atoms with van der Waals surface area (Å²) >= 11 is 1.56. The predicted molar refractivity (Wildman–Crippen MR) is 110 cm³/mol. The maximum Gasteiger partial charge on any atom is 0.238 e. The first kappa shape index (κ1) is 19.3. The summed E-state index contributed by atoms with van der Waals surface area (Å²) in [5.41, 5.74) is 2.50. The summed E-state index contributed by atoms with van der Waals surface area (Å²) in [6.45, 7) is 6.26. The van der Waals surface area contributed by atoms with Crippen LogP contribution in [0.15, 0.2) is 48.5 Å². The van der Waals surface area contributed by atoms with E-state index in [0.717, 1.165) is 22.7 Å². The lowest BCUT2D eigenvalue weighted by Crippen LogP contribution is -2.28. The molecule has 6 heteroatoms. The summed E-state index contributed by atoms with van der Waals surface area (Å²) in [6.07, 6.45) is 0. The van der Waals surface area contributed by atoms with E-state index in [1.165, 1.54) is 0 Å². The molecule has 5 nitrogen and oxygen atoms in total. The van der Waals surface area contributed by atoms with Crippen molar-refractivity contribution in [2.45, 2.75) is 26.1 Å². The highest BCUT2D eigenvalue weighted by molar-refractivity contribution is 8.00. The van der Waals surface area contributed by atoms with Crippen molar-refractivity contribution in [3.63, 3.8) is 0 Å². The first-order valence-corrected chi connectivity index (χ1v) is 10.1. The van der Waals surface area contributed by atoms with Gasteiger partial charge in [0.05, 0.1) is 12.4 Å². The van der Waals surface area contributed by atoms with E-state index in [1.54, 1.807) is 16.7 Å². The molecule has 2 aromatic carbocycles. The highest BCUT2D eigenvalue weighted by Crippen LogP contribution is 2.44. The molecule has 1 aliphatic rings. The van der Waals surface area contributed by atoms with Gasteiger partial charge >= 0.3 is 0 Å². The molecule has 1 saturated heterocycles. The maximum absolute atomic E-state index is 12.6. The number of benzene rings is 2. The number of carbonyl (C=O) groups is 2. The summed E-state index contributed by atoms with van der Waals surface area (Å²) in [5, 5.41) is 2.81. The molecule has 0 radical (unpaired) electrons. The minimum absolute atomic E-state index is 0.0376. The van der Waals surface area contributed by atoms with Crippen LogP contribution in [0.4, 0.5) is 11.4 Å². The number of rotatable bonds is 6. The van der Waals surface area contributed by atoms with Crippen molar-refractivity contribution >= 4 is 35.0 Å². The Morgan fingerprint density at radius 1 is 1.22 bits per heavy atom. The molecule has 2 aromatic rings. The average molecular weight is 385 g/mol.